The summed E-state index contributed by atoms with van der Waals surface area (Å²) in [5, 5.41) is 0. The highest BCUT2D eigenvalue weighted by Crippen LogP contribution is 2.30. The number of nitrogen functional groups attached to an aromatic ring is 1. The average molecular weight is 224 g/mol. The summed E-state index contributed by atoms with van der Waals surface area (Å²) in [4.78, 5) is 10.2. The number of anilines is 2. The number of nitrogens with zero attached hydrogens (tertiary/aromatic N) is 3. The van der Waals surface area contributed by atoms with Crippen molar-refractivity contribution in [3.63, 3.8) is 0 Å². The molecule has 5 nitrogen and oxygen atoms in total. The molecule has 0 aromatic carbocycles. The van der Waals surface area contributed by atoms with Crippen molar-refractivity contribution in [1.29, 1.82) is 0 Å². The number of hydrogen-bond donors (Lipinski definition) is 1. The molecule has 1 aromatic heterocycles. The molecule has 2 N–H and O–H groups in total. The molecule has 90 valence electrons. The number of nitrogens with two attached hydrogens (primary N) is 1. The second kappa shape index (κ2) is 5.01. The molecule has 0 radical (unpaired) electrons. The minimum atomic E-state index is 0.350. The maximum absolute atomic E-state index is 5.74. The van der Waals surface area contributed by atoms with Crippen LogP contribution in [0.3, 0.4) is 0 Å². The van der Waals surface area contributed by atoms with Gasteiger partial charge in [0, 0.05) is 13.1 Å². The quantitative estimate of drug-likeness (QED) is 0.840. The van der Waals surface area contributed by atoms with E-state index in [-0.39, 0.29) is 0 Å². The van der Waals surface area contributed by atoms with E-state index in [9.17, 15) is 0 Å². The zero-order chi connectivity index (χ0) is 12.3. The van der Waals surface area contributed by atoms with Gasteiger partial charge >= 0.3 is 0 Å². The molecule has 1 rings (SSSR count). The van der Waals surface area contributed by atoms with Crippen LogP contribution in [-0.4, -0.2) is 30.2 Å². The smallest absolute Gasteiger partial charge is 0.204 e. The van der Waals surface area contributed by atoms with Gasteiger partial charge in [0.25, 0.3) is 0 Å². The van der Waals surface area contributed by atoms with Crippen LogP contribution in [0.4, 0.5) is 11.6 Å². The van der Waals surface area contributed by atoms with E-state index in [1.165, 1.54) is 6.33 Å². The Hall–Kier alpha value is -1.52. The third-order valence-electron chi connectivity index (χ3n) is 2.93. The number of aromatic nitrogens is 2. The molecule has 0 bridgehead atoms. The molecule has 1 heterocycles. The molecular formula is C11H20N4O. The van der Waals surface area contributed by atoms with Crippen LogP contribution >= 0.6 is 0 Å². The first-order valence-electron chi connectivity index (χ1n) is 5.36. The zero-order valence-electron chi connectivity index (χ0n) is 10.6. The van der Waals surface area contributed by atoms with Crippen LogP contribution in [0.2, 0.25) is 0 Å². The topological polar surface area (TPSA) is 64.3 Å². The summed E-state index contributed by atoms with van der Waals surface area (Å²) < 4.78 is 5.24. The van der Waals surface area contributed by atoms with Crippen molar-refractivity contribution in [1.82, 2.24) is 9.97 Å². The van der Waals surface area contributed by atoms with Gasteiger partial charge in [0.1, 0.15) is 6.33 Å². The van der Waals surface area contributed by atoms with Gasteiger partial charge in [0.2, 0.25) is 5.75 Å². The van der Waals surface area contributed by atoms with E-state index in [2.05, 4.69) is 35.6 Å². The van der Waals surface area contributed by atoms with Gasteiger partial charge in [-0.1, -0.05) is 13.8 Å². The first-order chi connectivity index (χ1) is 7.49. The van der Waals surface area contributed by atoms with E-state index in [0.29, 0.717) is 23.5 Å². The van der Waals surface area contributed by atoms with Gasteiger partial charge < -0.3 is 15.4 Å². The second-order valence-electron chi connectivity index (χ2n) is 4.21. The minimum absolute atomic E-state index is 0.350. The van der Waals surface area contributed by atoms with Crippen LogP contribution in [0.25, 0.3) is 0 Å². The third-order valence-corrected chi connectivity index (χ3v) is 2.93. The van der Waals surface area contributed by atoms with Crippen LogP contribution in [-0.2, 0) is 0 Å². The minimum Gasteiger partial charge on any atom is -0.490 e. The Morgan fingerprint density at radius 3 is 2.44 bits per heavy atom. The Balaban J connectivity index is 3.08. The van der Waals surface area contributed by atoms with Crippen molar-refractivity contribution in [2.75, 3.05) is 24.8 Å². The maximum Gasteiger partial charge on any atom is 0.204 e. The van der Waals surface area contributed by atoms with E-state index < -0.39 is 0 Å². The summed E-state index contributed by atoms with van der Waals surface area (Å²) in [5.74, 6) is 2.16. The fourth-order valence-electron chi connectivity index (χ4n) is 1.46. The summed E-state index contributed by atoms with van der Waals surface area (Å²) in [6.45, 7) is 6.47. The summed E-state index contributed by atoms with van der Waals surface area (Å²) in [5.41, 5.74) is 5.74. The highest BCUT2D eigenvalue weighted by Gasteiger charge is 2.20. The van der Waals surface area contributed by atoms with E-state index in [1.807, 2.05) is 7.05 Å². The van der Waals surface area contributed by atoms with E-state index in [4.69, 9.17) is 10.5 Å². The van der Waals surface area contributed by atoms with Gasteiger partial charge in [0.15, 0.2) is 11.6 Å². The van der Waals surface area contributed by atoms with Gasteiger partial charge in [-0.05, 0) is 12.8 Å². The lowest BCUT2D eigenvalue weighted by atomic mass is 10.1. The van der Waals surface area contributed by atoms with Gasteiger partial charge in [-0.15, -0.1) is 0 Å². The fraction of sp³-hybridized carbons (Fsp3) is 0.636. The Labute approximate surface area is 96.6 Å². The predicted octanol–water partition coefficient (Wildman–Crippen LogP) is 1.55. The van der Waals surface area contributed by atoms with E-state index >= 15 is 0 Å². The standard InChI is InChI=1S/C11H20N4O/c1-7(2)8(3)15(4)11-9(16-5)10(12)13-6-14-11/h6-8H,1-5H3,(H2,12,13,14). The first kappa shape index (κ1) is 12.5. The molecule has 0 saturated carbocycles. The maximum atomic E-state index is 5.74. The molecule has 0 spiro atoms. The molecule has 0 aliphatic carbocycles. The zero-order valence-corrected chi connectivity index (χ0v) is 10.6. The molecule has 0 fully saturated rings. The first-order valence-corrected chi connectivity index (χ1v) is 5.36. The fourth-order valence-corrected chi connectivity index (χ4v) is 1.46. The average Bonchev–Trinajstić information content (AvgIpc) is 2.26. The molecule has 0 amide bonds. The Morgan fingerprint density at radius 1 is 1.31 bits per heavy atom. The van der Waals surface area contributed by atoms with Crippen LogP contribution in [0.15, 0.2) is 6.33 Å². The molecule has 16 heavy (non-hydrogen) atoms. The van der Waals surface area contributed by atoms with Gasteiger partial charge in [-0.2, -0.15) is 0 Å². The summed E-state index contributed by atoms with van der Waals surface area (Å²) in [7, 11) is 3.56. The lowest BCUT2D eigenvalue weighted by Gasteiger charge is -2.29. The third kappa shape index (κ3) is 2.35. The molecule has 1 aromatic rings. The highest BCUT2D eigenvalue weighted by atomic mass is 16.5. The van der Waals surface area contributed by atoms with Crippen molar-refractivity contribution < 1.29 is 4.74 Å². The molecule has 1 atom stereocenters. The van der Waals surface area contributed by atoms with Crippen LogP contribution in [0.5, 0.6) is 5.75 Å². The van der Waals surface area contributed by atoms with Gasteiger partial charge in [-0.3, -0.25) is 0 Å². The number of ether oxygens (including phenoxy) is 1. The SMILES string of the molecule is COc1c(N)ncnc1N(C)C(C)C(C)C. The van der Waals surface area contributed by atoms with Crippen molar-refractivity contribution in [2.45, 2.75) is 26.8 Å². The van der Waals surface area contributed by atoms with Crippen molar-refractivity contribution in [3.05, 3.63) is 6.33 Å². The molecule has 0 aliphatic rings. The molecule has 0 aliphatic heterocycles. The van der Waals surface area contributed by atoms with E-state index in [0.717, 1.165) is 5.82 Å². The number of hydrogen-bond acceptors (Lipinski definition) is 5. The number of methoxy groups -OCH3 is 1. The summed E-state index contributed by atoms with van der Waals surface area (Å²) >= 11 is 0. The Bertz CT molecular complexity index is 354. The summed E-state index contributed by atoms with van der Waals surface area (Å²) in [6.07, 6.45) is 1.46. The van der Waals surface area contributed by atoms with Gasteiger partial charge in [0.05, 0.1) is 7.11 Å². The Morgan fingerprint density at radius 2 is 1.94 bits per heavy atom. The monoisotopic (exact) mass is 224 g/mol. The lowest BCUT2D eigenvalue weighted by molar-refractivity contribution is 0.408. The summed E-state index contributed by atoms with van der Waals surface area (Å²) in [6, 6.07) is 0.350. The molecule has 5 heteroatoms. The van der Waals surface area contributed by atoms with Crippen molar-refractivity contribution in [2.24, 2.45) is 5.92 Å². The van der Waals surface area contributed by atoms with Gasteiger partial charge in [-0.25, -0.2) is 9.97 Å². The van der Waals surface area contributed by atoms with E-state index in [1.54, 1.807) is 7.11 Å². The normalized spacial score (nSPS) is 12.6. The molecule has 0 saturated heterocycles. The van der Waals surface area contributed by atoms with Crippen molar-refractivity contribution in [3.8, 4) is 5.75 Å². The largest absolute Gasteiger partial charge is 0.490 e. The predicted molar refractivity (Wildman–Crippen MR) is 65.7 cm³/mol. The van der Waals surface area contributed by atoms with Crippen molar-refractivity contribution >= 4 is 11.6 Å². The second-order valence-corrected chi connectivity index (χ2v) is 4.21. The Kier molecular flexibility index (Phi) is 3.93. The van der Waals surface area contributed by atoms with Crippen LogP contribution in [0.1, 0.15) is 20.8 Å². The number of rotatable bonds is 4. The highest BCUT2D eigenvalue weighted by molar-refractivity contribution is 5.62. The van der Waals surface area contributed by atoms with Crippen LogP contribution < -0.4 is 15.4 Å². The lowest BCUT2D eigenvalue weighted by Crippen LogP contribution is -2.34. The van der Waals surface area contributed by atoms with Crippen LogP contribution in [0, 0.1) is 5.92 Å². The molecule has 1 unspecified atom stereocenters. The molecular weight excluding hydrogens is 204 g/mol.